The summed E-state index contributed by atoms with van der Waals surface area (Å²) in [6.07, 6.45) is 7.57. The van der Waals surface area contributed by atoms with Crippen molar-refractivity contribution in [3.05, 3.63) is 35.9 Å². The molecule has 2 aliphatic heterocycles. The van der Waals surface area contributed by atoms with Crippen LogP contribution in [0.25, 0.3) is 0 Å². The van der Waals surface area contributed by atoms with Gasteiger partial charge in [0, 0.05) is 24.9 Å². The Morgan fingerprint density at radius 2 is 1.78 bits per heavy atom. The van der Waals surface area contributed by atoms with E-state index in [0.717, 1.165) is 31.7 Å². The fourth-order valence-electron chi connectivity index (χ4n) is 5.22. The Morgan fingerprint density at radius 1 is 1.06 bits per heavy atom. The molecule has 2 atom stereocenters. The zero-order valence-corrected chi connectivity index (χ0v) is 20.8. The number of carbonyl (C=O) groups excluding carboxylic acids is 1. The van der Waals surface area contributed by atoms with Gasteiger partial charge in [0.25, 0.3) is 0 Å². The number of benzene rings is 1. The number of carbonyl (C=O) groups is 1. The average molecular weight is 517 g/mol. The van der Waals surface area contributed by atoms with Crippen LogP contribution in [-0.2, 0) is 14.6 Å². The Bertz CT molecular complexity index is 1280. The summed E-state index contributed by atoms with van der Waals surface area (Å²) in [6, 6.07) is 4.09. The number of nitrogens with zero attached hydrogens (tertiary/aromatic N) is 3. The van der Waals surface area contributed by atoms with Crippen LogP contribution in [0.3, 0.4) is 0 Å². The molecular formula is C25H29FN4O5S. The van der Waals surface area contributed by atoms with Gasteiger partial charge in [0.05, 0.1) is 21.4 Å². The fraction of sp³-hybridized carbons (Fsp3) is 0.560. The van der Waals surface area contributed by atoms with E-state index in [0.29, 0.717) is 42.9 Å². The Balaban J connectivity index is 1.13. The maximum atomic E-state index is 14.8. The number of sulfone groups is 1. The van der Waals surface area contributed by atoms with Gasteiger partial charge >= 0.3 is 6.09 Å². The van der Waals surface area contributed by atoms with Crippen LogP contribution in [0.2, 0.25) is 0 Å². The van der Waals surface area contributed by atoms with E-state index in [2.05, 4.69) is 15.3 Å². The number of anilines is 2. The Labute approximate surface area is 209 Å². The van der Waals surface area contributed by atoms with Crippen LogP contribution in [0.4, 0.5) is 20.7 Å². The molecule has 2 saturated heterocycles. The van der Waals surface area contributed by atoms with E-state index >= 15 is 0 Å². The molecule has 4 fully saturated rings. The SMILES string of the molecule is Cc1c(Nc2ccc(S(=O)(=O)C3CC3)cc2F)ncnc1OC1CC2CCC(C1)N2C(=O)OC1CC1. The van der Waals surface area contributed by atoms with E-state index in [1.807, 2.05) is 4.90 Å². The highest BCUT2D eigenvalue weighted by atomic mass is 32.2. The van der Waals surface area contributed by atoms with Gasteiger partial charge in [-0.05, 0) is 63.6 Å². The summed E-state index contributed by atoms with van der Waals surface area (Å²) in [5.41, 5.74) is 0.743. The van der Waals surface area contributed by atoms with Gasteiger partial charge in [-0.2, -0.15) is 0 Å². The molecule has 4 aliphatic rings. The molecule has 0 radical (unpaired) electrons. The number of amides is 1. The highest BCUT2D eigenvalue weighted by molar-refractivity contribution is 7.92. The van der Waals surface area contributed by atoms with Crippen LogP contribution in [0.5, 0.6) is 5.88 Å². The summed E-state index contributed by atoms with van der Waals surface area (Å²) in [7, 11) is -3.47. The molecule has 192 valence electrons. The normalized spacial score (nSPS) is 25.5. The number of ether oxygens (including phenoxy) is 2. The first-order valence-corrected chi connectivity index (χ1v) is 14.1. The van der Waals surface area contributed by atoms with Gasteiger partial charge in [-0.1, -0.05) is 0 Å². The zero-order chi connectivity index (χ0) is 25.0. The van der Waals surface area contributed by atoms with E-state index in [9.17, 15) is 17.6 Å². The van der Waals surface area contributed by atoms with E-state index in [4.69, 9.17) is 9.47 Å². The number of halogens is 1. The van der Waals surface area contributed by atoms with Crippen LogP contribution in [0, 0.1) is 12.7 Å². The summed E-state index contributed by atoms with van der Waals surface area (Å²) in [5.74, 6) is 0.114. The van der Waals surface area contributed by atoms with Gasteiger partial charge in [-0.3, -0.25) is 0 Å². The fourth-order valence-corrected chi connectivity index (χ4v) is 6.89. The smallest absolute Gasteiger partial charge is 0.410 e. The second kappa shape index (κ2) is 8.86. The Kier molecular flexibility index (Phi) is 5.77. The molecule has 2 aliphatic carbocycles. The second-order valence-corrected chi connectivity index (χ2v) is 12.5. The minimum absolute atomic E-state index is 0.00142. The van der Waals surface area contributed by atoms with Crippen LogP contribution < -0.4 is 10.1 Å². The van der Waals surface area contributed by atoms with Crippen LogP contribution in [0.15, 0.2) is 29.4 Å². The summed E-state index contributed by atoms with van der Waals surface area (Å²) in [6.45, 7) is 1.79. The molecule has 2 aromatic rings. The summed E-state index contributed by atoms with van der Waals surface area (Å²) in [5, 5.41) is 2.55. The molecule has 36 heavy (non-hydrogen) atoms. The van der Waals surface area contributed by atoms with E-state index in [1.165, 1.54) is 18.5 Å². The first-order chi connectivity index (χ1) is 17.3. The van der Waals surface area contributed by atoms with Crippen molar-refractivity contribution >= 4 is 27.4 Å². The molecule has 2 saturated carbocycles. The number of rotatable bonds is 7. The van der Waals surface area contributed by atoms with E-state index in [-0.39, 0.29) is 41.0 Å². The standard InChI is InChI=1S/C25H29FN4O5S/c1-14-23(29-22-9-8-20(12-21(22)26)36(32,33)19-6-7-19)27-13-28-24(14)34-18-10-15-2-3-16(11-18)30(15)25(31)35-17-4-5-17/h8-9,12-13,15-19H,2-7,10-11H2,1H3,(H,27,28,29). The molecule has 2 unspecified atom stereocenters. The summed E-state index contributed by atoms with van der Waals surface area (Å²) in [4.78, 5) is 23.0. The lowest BCUT2D eigenvalue weighted by molar-refractivity contribution is 0.0289. The number of hydrogen-bond donors (Lipinski definition) is 1. The minimum atomic E-state index is -3.47. The van der Waals surface area contributed by atoms with Crippen molar-refractivity contribution < 1.29 is 27.1 Å². The molecule has 1 aromatic carbocycles. The molecule has 1 amide bonds. The van der Waals surface area contributed by atoms with Gasteiger partial charge in [-0.25, -0.2) is 27.6 Å². The molecule has 3 heterocycles. The molecule has 9 nitrogen and oxygen atoms in total. The number of fused-ring (bicyclic) bond motifs is 2. The van der Waals surface area contributed by atoms with Crippen LogP contribution in [-0.4, -0.2) is 58.9 Å². The average Bonchev–Trinajstić information content (AvgIpc) is 3.76. The van der Waals surface area contributed by atoms with Crippen LogP contribution in [0.1, 0.15) is 56.9 Å². The van der Waals surface area contributed by atoms with Crippen molar-refractivity contribution in [2.45, 2.75) is 92.7 Å². The topological polar surface area (TPSA) is 111 Å². The van der Waals surface area contributed by atoms with E-state index < -0.39 is 20.9 Å². The van der Waals surface area contributed by atoms with Gasteiger partial charge in [0.15, 0.2) is 9.84 Å². The third kappa shape index (κ3) is 4.49. The molecule has 11 heteroatoms. The van der Waals surface area contributed by atoms with Gasteiger partial charge in [-0.15, -0.1) is 0 Å². The van der Waals surface area contributed by atoms with Crippen molar-refractivity contribution in [1.29, 1.82) is 0 Å². The zero-order valence-electron chi connectivity index (χ0n) is 20.0. The quantitative estimate of drug-likeness (QED) is 0.581. The third-order valence-electron chi connectivity index (χ3n) is 7.49. The van der Waals surface area contributed by atoms with Crippen molar-refractivity contribution in [1.82, 2.24) is 14.9 Å². The Hall–Kier alpha value is -2.95. The monoisotopic (exact) mass is 516 g/mol. The second-order valence-electron chi connectivity index (χ2n) is 10.3. The van der Waals surface area contributed by atoms with Crippen LogP contribution >= 0.6 is 0 Å². The number of nitrogens with one attached hydrogen (secondary N) is 1. The first kappa shape index (κ1) is 23.4. The van der Waals surface area contributed by atoms with E-state index in [1.54, 1.807) is 6.92 Å². The van der Waals surface area contributed by atoms with Gasteiger partial charge in [0.1, 0.15) is 30.2 Å². The maximum Gasteiger partial charge on any atom is 0.410 e. The highest BCUT2D eigenvalue weighted by Gasteiger charge is 2.46. The van der Waals surface area contributed by atoms with Gasteiger partial charge < -0.3 is 19.7 Å². The first-order valence-electron chi connectivity index (χ1n) is 12.6. The summed E-state index contributed by atoms with van der Waals surface area (Å²) >= 11 is 0. The predicted octanol–water partition coefficient (Wildman–Crippen LogP) is 4.28. The Morgan fingerprint density at radius 3 is 2.42 bits per heavy atom. The third-order valence-corrected chi connectivity index (χ3v) is 9.75. The molecule has 2 bridgehead atoms. The van der Waals surface area contributed by atoms with Crippen molar-refractivity contribution in [2.24, 2.45) is 0 Å². The molecule has 0 spiro atoms. The van der Waals surface area contributed by atoms with Gasteiger partial charge in [0.2, 0.25) is 5.88 Å². The number of hydrogen-bond acceptors (Lipinski definition) is 8. The number of piperidine rings is 1. The lowest BCUT2D eigenvalue weighted by Crippen LogP contribution is -2.49. The lowest BCUT2D eigenvalue weighted by atomic mass is 10.0. The van der Waals surface area contributed by atoms with Crippen molar-refractivity contribution in [3.8, 4) is 5.88 Å². The molecule has 1 aromatic heterocycles. The molecular weight excluding hydrogens is 487 g/mol. The van der Waals surface area contributed by atoms with Crippen molar-refractivity contribution in [3.63, 3.8) is 0 Å². The summed E-state index contributed by atoms with van der Waals surface area (Å²) < 4.78 is 51.4. The minimum Gasteiger partial charge on any atom is -0.474 e. The molecule has 6 rings (SSSR count). The maximum absolute atomic E-state index is 14.8. The lowest BCUT2D eigenvalue weighted by Gasteiger charge is -2.38. The predicted molar refractivity (Wildman–Crippen MR) is 128 cm³/mol. The number of aromatic nitrogens is 2. The van der Waals surface area contributed by atoms with Crippen molar-refractivity contribution in [2.75, 3.05) is 5.32 Å². The molecule has 1 N–H and O–H groups in total. The largest absolute Gasteiger partial charge is 0.474 e. The highest BCUT2D eigenvalue weighted by Crippen LogP contribution is 2.39.